The van der Waals surface area contributed by atoms with Crippen molar-refractivity contribution < 1.29 is 0 Å². The smallest absolute Gasteiger partial charge is 0.00904 e. The van der Waals surface area contributed by atoms with E-state index in [0.29, 0.717) is 0 Å². The van der Waals surface area contributed by atoms with Crippen LogP contribution in [0.4, 0.5) is 0 Å². The maximum absolute atomic E-state index is 4.31. The molecule has 0 aromatic carbocycles. The van der Waals surface area contributed by atoms with Gasteiger partial charge in [-0.1, -0.05) is 27.7 Å². The zero-order valence-electron chi connectivity index (χ0n) is 9.58. The van der Waals surface area contributed by atoms with Crippen molar-refractivity contribution in [3.8, 4) is 0 Å². The molecule has 0 saturated carbocycles. The molecule has 0 aliphatic carbocycles. The average molecular weight is 203 g/mol. The highest BCUT2D eigenvalue weighted by Gasteiger charge is 2.14. The van der Waals surface area contributed by atoms with Crippen LogP contribution in [0.25, 0.3) is 0 Å². The molecule has 1 nitrogen and oxygen atoms in total. The standard InChI is InChI=1S/C11H25NS/c1-5-11(6-2)12(7-8-13)9-10(3)4/h10-11,13H,5-9H2,1-4H3. The molecule has 0 unspecified atom stereocenters. The van der Waals surface area contributed by atoms with Gasteiger partial charge in [-0.2, -0.15) is 12.6 Å². The monoisotopic (exact) mass is 203 g/mol. The van der Waals surface area contributed by atoms with Crippen LogP contribution in [-0.4, -0.2) is 29.8 Å². The molecule has 0 atom stereocenters. The van der Waals surface area contributed by atoms with E-state index >= 15 is 0 Å². The van der Waals surface area contributed by atoms with Crippen molar-refractivity contribution >= 4 is 12.6 Å². The molecule has 80 valence electrons. The predicted molar refractivity (Wildman–Crippen MR) is 64.6 cm³/mol. The molecule has 0 aliphatic heterocycles. The van der Waals surface area contributed by atoms with Crippen LogP contribution in [0.5, 0.6) is 0 Å². The fraction of sp³-hybridized carbons (Fsp3) is 1.00. The van der Waals surface area contributed by atoms with E-state index in [0.717, 1.165) is 24.3 Å². The summed E-state index contributed by atoms with van der Waals surface area (Å²) >= 11 is 4.31. The van der Waals surface area contributed by atoms with Crippen molar-refractivity contribution in [2.75, 3.05) is 18.8 Å². The first-order valence-electron chi connectivity index (χ1n) is 5.50. The van der Waals surface area contributed by atoms with Gasteiger partial charge in [0.1, 0.15) is 0 Å². The van der Waals surface area contributed by atoms with Crippen LogP contribution >= 0.6 is 12.6 Å². The Labute approximate surface area is 89.3 Å². The fourth-order valence-electron chi connectivity index (χ4n) is 1.83. The van der Waals surface area contributed by atoms with Crippen LogP contribution in [0.2, 0.25) is 0 Å². The molecule has 0 bridgehead atoms. The molecule has 0 N–H and O–H groups in total. The number of thiol groups is 1. The number of rotatable bonds is 7. The van der Waals surface area contributed by atoms with Crippen LogP contribution in [0.15, 0.2) is 0 Å². The Hall–Kier alpha value is 0.310. The number of hydrogen-bond acceptors (Lipinski definition) is 2. The number of nitrogens with zero attached hydrogens (tertiary/aromatic N) is 1. The second kappa shape index (κ2) is 7.69. The van der Waals surface area contributed by atoms with Gasteiger partial charge in [-0.05, 0) is 18.8 Å². The van der Waals surface area contributed by atoms with Gasteiger partial charge in [0.25, 0.3) is 0 Å². The van der Waals surface area contributed by atoms with Gasteiger partial charge in [-0.25, -0.2) is 0 Å². The summed E-state index contributed by atoms with van der Waals surface area (Å²) in [6.07, 6.45) is 2.52. The molecular formula is C11H25NS. The molecule has 0 rings (SSSR count). The summed E-state index contributed by atoms with van der Waals surface area (Å²) in [5.74, 6) is 1.74. The van der Waals surface area contributed by atoms with Gasteiger partial charge in [-0.3, -0.25) is 4.90 Å². The van der Waals surface area contributed by atoms with Crippen molar-refractivity contribution in [1.82, 2.24) is 4.90 Å². The van der Waals surface area contributed by atoms with Crippen molar-refractivity contribution in [1.29, 1.82) is 0 Å². The van der Waals surface area contributed by atoms with Crippen LogP contribution in [0.1, 0.15) is 40.5 Å². The van der Waals surface area contributed by atoms with Gasteiger partial charge in [0.15, 0.2) is 0 Å². The first-order chi connectivity index (χ1) is 6.15. The normalized spacial score (nSPS) is 12.0. The Kier molecular flexibility index (Phi) is 7.87. The van der Waals surface area contributed by atoms with Gasteiger partial charge in [0.2, 0.25) is 0 Å². The van der Waals surface area contributed by atoms with Crippen LogP contribution in [0.3, 0.4) is 0 Å². The summed E-state index contributed by atoms with van der Waals surface area (Å²) in [5, 5.41) is 0. The summed E-state index contributed by atoms with van der Waals surface area (Å²) in [5.41, 5.74) is 0. The molecule has 0 aromatic heterocycles. The van der Waals surface area contributed by atoms with Gasteiger partial charge in [-0.15, -0.1) is 0 Å². The van der Waals surface area contributed by atoms with E-state index in [9.17, 15) is 0 Å². The van der Waals surface area contributed by atoms with Crippen LogP contribution in [-0.2, 0) is 0 Å². The molecule has 0 radical (unpaired) electrons. The highest BCUT2D eigenvalue weighted by molar-refractivity contribution is 7.80. The molecule has 0 amide bonds. The molecule has 2 heteroatoms. The van der Waals surface area contributed by atoms with Crippen LogP contribution < -0.4 is 0 Å². The lowest BCUT2D eigenvalue weighted by Gasteiger charge is -2.31. The lowest BCUT2D eigenvalue weighted by molar-refractivity contribution is 0.176. The minimum Gasteiger partial charge on any atom is -0.299 e. The van der Waals surface area contributed by atoms with Crippen molar-refractivity contribution in [3.63, 3.8) is 0 Å². The van der Waals surface area contributed by atoms with Crippen molar-refractivity contribution in [2.45, 2.75) is 46.6 Å². The maximum atomic E-state index is 4.31. The summed E-state index contributed by atoms with van der Waals surface area (Å²) < 4.78 is 0. The Morgan fingerprint density at radius 1 is 1.15 bits per heavy atom. The summed E-state index contributed by atoms with van der Waals surface area (Å²) in [6, 6.07) is 0.759. The van der Waals surface area contributed by atoms with Gasteiger partial charge >= 0.3 is 0 Å². The summed E-state index contributed by atoms with van der Waals surface area (Å²) in [6.45, 7) is 11.5. The molecule has 13 heavy (non-hydrogen) atoms. The van der Waals surface area contributed by atoms with Crippen molar-refractivity contribution in [2.24, 2.45) is 5.92 Å². The third kappa shape index (κ3) is 5.58. The average Bonchev–Trinajstić information content (AvgIpc) is 2.05. The van der Waals surface area contributed by atoms with E-state index < -0.39 is 0 Å². The highest BCUT2D eigenvalue weighted by atomic mass is 32.1. The molecule has 0 heterocycles. The van der Waals surface area contributed by atoms with E-state index in [4.69, 9.17) is 0 Å². The predicted octanol–water partition coefficient (Wildman–Crippen LogP) is 3.06. The Morgan fingerprint density at radius 2 is 1.69 bits per heavy atom. The van der Waals surface area contributed by atoms with E-state index in [-0.39, 0.29) is 0 Å². The lowest BCUT2D eigenvalue weighted by Crippen LogP contribution is -2.38. The molecule has 0 aromatic rings. The first-order valence-corrected chi connectivity index (χ1v) is 6.13. The highest BCUT2D eigenvalue weighted by Crippen LogP contribution is 2.11. The molecule has 0 spiro atoms. The van der Waals surface area contributed by atoms with E-state index in [2.05, 4.69) is 45.2 Å². The molecule has 0 saturated heterocycles. The lowest BCUT2D eigenvalue weighted by atomic mass is 10.1. The van der Waals surface area contributed by atoms with Crippen LogP contribution in [0, 0.1) is 5.92 Å². The molecular weight excluding hydrogens is 178 g/mol. The third-order valence-electron chi connectivity index (χ3n) is 2.45. The van der Waals surface area contributed by atoms with Gasteiger partial charge in [0.05, 0.1) is 0 Å². The molecule has 0 fully saturated rings. The largest absolute Gasteiger partial charge is 0.299 e. The van der Waals surface area contributed by atoms with E-state index in [1.807, 2.05) is 0 Å². The minimum absolute atomic E-state index is 0.759. The zero-order valence-corrected chi connectivity index (χ0v) is 10.5. The van der Waals surface area contributed by atoms with E-state index in [1.54, 1.807) is 0 Å². The topological polar surface area (TPSA) is 3.24 Å². The second-order valence-corrected chi connectivity index (χ2v) is 4.53. The third-order valence-corrected chi connectivity index (χ3v) is 2.65. The Morgan fingerprint density at radius 3 is 2.00 bits per heavy atom. The minimum atomic E-state index is 0.759. The summed E-state index contributed by atoms with van der Waals surface area (Å²) in [4.78, 5) is 2.58. The summed E-state index contributed by atoms with van der Waals surface area (Å²) in [7, 11) is 0. The first kappa shape index (κ1) is 13.3. The Bertz CT molecular complexity index is 111. The van der Waals surface area contributed by atoms with Gasteiger partial charge in [0, 0.05) is 24.9 Å². The van der Waals surface area contributed by atoms with E-state index in [1.165, 1.54) is 19.4 Å². The SMILES string of the molecule is CCC(CC)N(CCS)CC(C)C. The number of hydrogen-bond donors (Lipinski definition) is 1. The fourth-order valence-corrected chi connectivity index (χ4v) is 2.08. The maximum Gasteiger partial charge on any atom is 0.00904 e. The quantitative estimate of drug-likeness (QED) is 0.622. The van der Waals surface area contributed by atoms with Gasteiger partial charge < -0.3 is 0 Å². The second-order valence-electron chi connectivity index (χ2n) is 4.08. The Balaban J connectivity index is 4.03. The molecule has 0 aliphatic rings. The zero-order chi connectivity index (χ0) is 10.3. The van der Waals surface area contributed by atoms with Crippen molar-refractivity contribution in [3.05, 3.63) is 0 Å².